The van der Waals surface area contributed by atoms with Crippen molar-refractivity contribution in [2.75, 3.05) is 7.11 Å². The van der Waals surface area contributed by atoms with Crippen LogP contribution in [0.4, 0.5) is 0 Å². The molecule has 26 heavy (non-hydrogen) atoms. The van der Waals surface area contributed by atoms with Crippen molar-refractivity contribution in [2.45, 2.75) is 13.5 Å². The lowest BCUT2D eigenvalue weighted by Crippen LogP contribution is -2.24. The zero-order valence-electron chi connectivity index (χ0n) is 14.5. The molecule has 1 heterocycles. The molecule has 2 aromatic carbocycles. The Morgan fingerprint density at radius 2 is 1.77 bits per heavy atom. The fraction of sp³-hybridized carbons (Fsp3) is 0.143. The summed E-state index contributed by atoms with van der Waals surface area (Å²) in [5.41, 5.74) is 2.98. The molecule has 0 bridgehead atoms. The number of halogens is 1. The fourth-order valence-corrected chi connectivity index (χ4v) is 3.04. The quantitative estimate of drug-likeness (QED) is 0.600. The molecule has 0 aliphatic carbocycles. The van der Waals surface area contributed by atoms with Crippen LogP contribution < -0.4 is 0 Å². The van der Waals surface area contributed by atoms with E-state index < -0.39 is 5.97 Å². The van der Waals surface area contributed by atoms with E-state index in [4.69, 9.17) is 16.3 Å². The molecule has 0 N–H and O–H groups in total. The summed E-state index contributed by atoms with van der Waals surface area (Å²) >= 11 is 5.92. The Morgan fingerprint density at radius 1 is 1.12 bits per heavy atom. The first-order chi connectivity index (χ1) is 12.5. The summed E-state index contributed by atoms with van der Waals surface area (Å²) in [6.45, 7) is 2.15. The number of nitrogens with zero attached hydrogens (tertiary/aromatic N) is 1. The van der Waals surface area contributed by atoms with E-state index in [0.29, 0.717) is 28.4 Å². The van der Waals surface area contributed by atoms with E-state index in [1.165, 1.54) is 7.11 Å². The van der Waals surface area contributed by atoms with Gasteiger partial charge in [-0.05, 0) is 36.3 Å². The van der Waals surface area contributed by atoms with Gasteiger partial charge in [-0.1, -0.05) is 54.1 Å². The van der Waals surface area contributed by atoms with E-state index in [9.17, 15) is 9.59 Å². The Balaban J connectivity index is 2.02. The minimum atomic E-state index is -0.522. The number of hydrogen-bond acceptors (Lipinski definition) is 3. The van der Waals surface area contributed by atoms with Crippen molar-refractivity contribution in [3.05, 3.63) is 87.6 Å². The van der Waals surface area contributed by atoms with Crippen LogP contribution in [-0.2, 0) is 20.9 Å². The summed E-state index contributed by atoms with van der Waals surface area (Å²) in [5.74, 6) is -0.742. The molecular formula is C21H18ClNO3. The highest BCUT2D eigenvalue weighted by atomic mass is 35.5. The molecule has 5 heteroatoms. The number of allylic oxidation sites excluding steroid dienone is 1. The van der Waals surface area contributed by atoms with Crippen molar-refractivity contribution >= 4 is 29.6 Å². The lowest BCUT2D eigenvalue weighted by molar-refractivity contribution is -0.136. The molecule has 1 aliphatic rings. The standard InChI is InChI=1S/C21H18ClNO3/c1-14-19(21(25)26-2)18(12-15-8-10-17(22)11-9-15)20(24)23(14)13-16-6-4-3-5-7-16/h3-12H,13H2,1-2H3. The van der Waals surface area contributed by atoms with Crippen LogP contribution in [0.3, 0.4) is 0 Å². The second kappa shape index (κ2) is 7.58. The van der Waals surface area contributed by atoms with Gasteiger partial charge in [-0.15, -0.1) is 0 Å². The predicted molar refractivity (Wildman–Crippen MR) is 101 cm³/mol. The van der Waals surface area contributed by atoms with Crippen molar-refractivity contribution in [1.29, 1.82) is 0 Å². The van der Waals surface area contributed by atoms with E-state index in [1.54, 1.807) is 42.2 Å². The Bertz CT molecular complexity index is 899. The molecule has 4 nitrogen and oxygen atoms in total. The summed E-state index contributed by atoms with van der Waals surface area (Å²) in [6.07, 6.45) is 1.69. The molecule has 3 rings (SSSR count). The average Bonchev–Trinajstić information content (AvgIpc) is 2.88. The maximum absolute atomic E-state index is 13.0. The number of carbonyl (C=O) groups is 2. The molecule has 1 amide bonds. The molecular weight excluding hydrogens is 350 g/mol. The Labute approximate surface area is 157 Å². The van der Waals surface area contributed by atoms with Crippen LogP contribution in [0.2, 0.25) is 5.02 Å². The third kappa shape index (κ3) is 3.55. The van der Waals surface area contributed by atoms with Gasteiger partial charge in [-0.3, -0.25) is 4.79 Å². The molecule has 0 spiro atoms. The Hall–Kier alpha value is -2.85. The van der Waals surface area contributed by atoms with Crippen LogP contribution in [0.1, 0.15) is 18.1 Å². The number of hydrogen-bond donors (Lipinski definition) is 0. The monoisotopic (exact) mass is 367 g/mol. The number of rotatable bonds is 4. The largest absolute Gasteiger partial charge is 0.465 e. The molecule has 0 saturated carbocycles. The first-order valence-corrected chi connectivity index (χ1v) is 8.51. The number of benzene rings is 2. The minimum absolute atomic E-state index is 0.221. The van der Waals surface area contributed by atoms with Gasteiger partial charge in [0.2, 0.25) is 0 Å². The van der Waals surface area contributed by atoms with Crippen LogP contribution >= 0.6 is 11.6 Å². The van der Waals surface area contributed by atoms with E-state index in [-0.39, 0.29) is 5.91 Å². The molecule has 0 atom stereocenters. The first-order valence-electron chi connectivity index (χ1n) is 8.14. The number of carbonyl (C=O) groups excluding carboxylic acids is 2. The first kappa shape index (κ1) is 18.0. The molecule has 1 aliphatic heterocycles. The molecule has 2 aromatic rings. The summed E-state index contributed by atoms with van der Waals surface area (Å²) < 4.78 is 4.90. The molecule has 132 valence electrons. The van der Waals surface area contributed by atoms with Crippen molar-refractivity contribution in [3.63, 3.8) is 0 Å². The van der Waals surface area contributed by atoms with Crippen molar-refractivity contribution in [1.82, 2.24) is 4.90 Å². The number of esters is 1. The second-order valence-corrected chi connectivity index (χ2v) is 6.37. The van der Waals surface area contributed by atoms with E-state index >= 15 is 0 Å². The van der Waals surface area contributed by atoms with Gasteiger partial charge >= 0.3 is 5.97 Å². The highest BCUT2D eigenvalue weighted by Crippen LogP contribution is 2.32. The average molecular weight is 368 g/mol. The lowest BCUT2D eigenvalue weighted by Gasteiger charge is -2.17. The normalized spacial score (nSPS) is 15.7. The van der Waals surface area contributed by atoms with Crippen LogP contribution in [0, 0.1) is 0 Å². The van der Waals surface area contributed by atoms with Gasteiger partial charge in [-0.2, -0.15) is 0 Å². The van der Waals surface area contributed by atoms with Crippen molar-refractivity contribution < 1.29 is 14.3 Å². The molecule has 0 unspecified atom stereocenters. The summed E-state index contributed by atoms with van der Waals surface area (Å²) in [7, 11) is 1.31. The van der Waals surface area contributed by atoms with Gasteiger partial charge in [0, 0.05) is 10.7 Å². The maximum atomic E-state index is 13.0. The second-order valence-electron chi connectivity index (χ2n) is 5.94. The number of ether oxygens (including phenoxy) is 1. The van der Waals surface area contributed by atoms with Crippen LogP contribution in [0.25, 0.3) is 6.08 Å². The van der Waals surface area contributed by atoms with E-state index in [1.807, 2.05) is 30.3 Å². The highest BCUT2D eigenvalue weighted by molar-refractivity contribution is 6.30. The van der Waals surface area contributed by atoms with Gasteiger partial charge in [0.25, 0.3) is 5.91 Å². The summed E-state index contributed by atoms with van der Waals surface area (Å²) in [6, 6.07) is 16.7. The van der Waals surface area contributed by atoms with Gasteiger partial charge < -0.3 is 9.64 Å². The maximum Gasteiger partial charge on any atom is 0.340 e. The highest BCUT2D eigenvalue weighted by Gasteiger charge is 2.36. The molecule has 0 radical (unpaired) electrons. The predicted octanol–water partition coefficient (Wildman–Crippen LogP) is 4.21. The minimum Gasteiger partial charge on any atom is -0.465 e. The van der Waals surface area contributed by atoms with Crippen LogP contribution in [-0.4, -0.2) is 23.9 Å². The third-order valence-corrected chi connectivity index (χ3v) is 4.52. The summed E-state index contributed by atoms with van der Waals surface area (Å²) in [4.78, 5) is 26.9. The molecule has 0 saturated heterocycles. The Kier molecular flexibility index (Phi) is 5.24. The van der Waals surface area contributed by atoms with Gasteiger partial charge in [0.05, 0.1) is 24.8 Å². The zero-order chi connectivity index (χ0) is 18.7. The fourth-order valence-electron chi connectivity index (χ4n) is 2.91. The molecule has 0 fully saturated rings. The number of methoxy groups -OCH3 is 1. The molecule has 0 aromatic heterocycles. The van der Waals surface area contributed by atoms with Gasteiger partial charge in [0.15, 0.2) is 0 Å². The van der Waals surface area contributed by atoms with Crippen LogP contribution in [0.5, 0.6) is 0 Å². The van der Waals surface area contributed by atoms with Crippen molar-refractivity contribution in [2.24, 2.45) is 0 Å². The van der Waals surface area contributed by atoms with E-state index in [2.05, 4.69) is 0 Å². The number of amides is 1. The Morgan fingerprint density at radius 3 is 2.38 bits per heavy atom. The SMILES string of the molecule is COC(=O)C1=C(C)N(Cc2ccccc2)C(=O)C1=Cc1ccc(Cl)cc1. The topological polar surface area (TPSA) is 46.6 Å². The van der Waals surface area contributed by atoms with E-state index in [0.717, 1.165) is 11.1 Å². The zero-order valence-corrected chi connectivity index (χ0v) is 15.3. The van der Waals surface area contributed by atoms with Gasteiger partial charge in [0.1, 0.15) is 0 Å². The van der Waals surface area contributed by atoms with Crippen molar-refractivity contribution in [3.8, 4) is 0 Å². The third-order valence-electron chi connectivity index (χ3n) is 4.27. The van der Waals surface area contributed by atoms with Crippen LogP contribution in [0.15, 0.2) is 71.4 Å². The smallest absolute Gasteiger partial charge is 0.340 e. The summed E-state index contributed by atoms with van der Waals surface area (Å²) in [5, 5.41) is 0.607. The lowest BCUT2D eigenvalue weighted by atomic mass is 10.0. The van der Waals surface area contributed by atoms with Gasteiger partial charge in [-0.25, -0.2) is 4.79 Å².